The number of anilines is 3. The normalized spacial score (nSPS) is 18.3. The van der Waals surface area contributed by atoms with Crippen LogP contribution in [0, 0.1) is 6.92 Å². The molecule has 3 aromatic rings. The number of aliphatic carboxylic acids is 2. The molecular formula is C26H24N9O9S3-. The molecule has 10 N–H and O–H groups in total. The van der Waals surface area contributed by atoms with Crippen LogP contribution in [-0.2, 0) is 24.0 Å². The highest BCUT2D eigenvalue weighted by Crippen LogP contribution is 2.41. The van der Waals surface area contributed by atoms with Crippen molar-refractivity contribution >= 4 is 81.1 Å². The van der Waals surface area contributed by atoms with Gasteiger partial charge in [-0.2, -0.15) is 0 Å². The van der Waals surface area contributed by atoms with Gasteiger partial charge in [-0.3, -0.25) is 14.5 Å². The summed E-state index contributed by atoms with van der Waals surface area (Å²) in [5.41, 5.74) is 17.3. The number of aromatic nitrogens is 3. The van der Waals surface area contributed by atoms with Gasteiger partial charge in [0, 0.05) is 28.0 Å². The molecule has 5 rings (SSSR count). The van der Waals surface area contributed by atoms with Crippen LogP contribution in [0.4, 0.5) is 16.8 Å². The SMILES string of the molecule is Cc1c(N)nc(SCC2=C(C(=O)O)N3C(=O)[C@@H](NC(=O)/C(=N/O[C@H](C(=O)O)c4ccc([O-])c(O)c4)c4csc(N)n4)[C@H]3SC2)nc1N. The maximum Gasteiger partial charge on any atom is 0.352 e. The number of carboxylic acids is 2. The number of aromatic hydroxyl groups is 1. The van der Waals surface area contributed by atoms with Crippen LogP contribution in [0.2, 0.25) is 0 Å². The third kappa shape index (κ3) is 6.66. The van der Waals surface area contributed by atoms with Gasteiger partial charge in [0.1, 0.15) is 40.2 Å². The molecule has 4 heterocycles. The maximum absolute atomic E-state index is 13.4. The highest BCUT2D eigenvalue weighted by Gasteiger charge is 2.54. The highest BCUT2D eigenvalue weighted by atomic mass is 32.2. The van der Waals surface area contributed by atoms with Gasteiger partial charge in [-0.15, -0.1) is 23.1 Å². The van der Waals surface area contributed by atoms with E-state index in [0.29, 0.717) is 11.1 Å². The third-order valence-corrected chi connectivity index (χ3v) is 9.80. The summed E-state index contributed by atoms with van der Waals surface area (Å²) in [4.78, 5) is 69.4. The van der Waals surface area contributed by atoms with Crippen LogP contribution in [0.25, 0.3) is 0 Å². The third-order valence-electron chi connectivity index (χ3n) is 6.85. The Labute approximate surface area is 276 Å². The summed E-state index contributed by atoms with van der Waals surface area (Å²) in [6.07, 6.45) is -1.85. The number of carbonyl (C=O) groups excluding carboxylic acids is 2. The molecule has 2 aliphatic heterocycles. The van der Waals surface area contributed by atoms with Gasteiger partial charge in [0.2, 0.25) is 6.10 Å². The molecule has 1 fully saturated rings. The van der Waals surface area contributed by atoms with Crippen LogP contribution >= 0.6 is 34.9 Å². The van der Waals surface area contributed by atoms with Crippen molar-refractivity contribution in [2.24, 2.45) is 5.16 Å². The number of hydrogen-bond acceptors (Lipinski definition) is 17. The van der Waals surface area contributed by atoms with E-state index in [-0.39, 0.29) is 50.4 Å². The van der Waals surface area contributed by atoms with Crippen LogP contribution in [0.1, 0.15) is 22.9 Å². The van der Waals surface area contributed by atoms with E-state index in [1.165, 1.54) is 17.1 Å². The molecule has 0 radical (unpaired) electrons. The zero-order valence-electron chi connectivity index (χ0n) is 23.9. The average molecular weight is 703 g/mol. The van der Waals surface area contributed by atoms with E-state index in [9.17, 15) is 39.6 Å². The Morgan fingerprint density at radius 1 is 1.21 bits per heavy atom. The minimum absolute atomic E-state index is 0.0445. The summed E-state index contributed by atoms with van der Waals surface area (Å²) < 4.78 is 0. The first-order chi connectivity index (χ1) is 22.3. The Balaban J connectivity index is 1.35. The molecule has 2 aromatic heterocycles. The summed E-state index contributed by atoms with van der Waals surface area (Å²) in [5.74, 6) is -5.42. The first-order valence-electron chi connectivity index (χ1n) is 13.2. The van der Waals surface area contributed by atoms with Gasteiger partial charge in [-0.05, 0) is 18.6 Å². The Morgan fingerprint density at radius 2 is 1.91 bits per heavy atom. The molecular weight excluding hydrogens is 679 g/mol. The number of nitrogens with one attached hydrogen (secondary N) is 1. The first kappa shape index (κ1) is 33.1. The van der Waals surface area contributed by atoms with Gasteiger partial charge >= 0.3 is 11.9 Å². The lowest BCUT2D eigenvalue weighted by atomic mass is 10.0. The summed E-state index contributed by atoms with van der Waals surface area (Å²) in [6, 6.07) is 1.74. The summed E-state index contributed by atoms with van der Waals surface area (Å²) in [7, 11) is 0. The zero-order chi connectivity index (χ0) is 34.2. The second kappa shape index (κ2) is 13.2. The number of thiazole rings is 1. The topological polar surface area (TPSA) is 306 Å². The number of carboxylic acid groups (broad SMARTS) is 2. The molecule has 1 saturated heterocycles. The number of carbonyl (C=O) groups is 4. The molecule has 0 bridgehead atoms. The van der Waals surface area contributed by atoms with Gasteiger partial charge in [-0.1, -0.05) is 34.8 Å². The minimum atomic E-state index is -1.85. The van der Waals surface area contributed by atoms with Crippen LogP contribution in [-0.4, -0.2) is 87.6 Å². The van der Waals surface area contributed by atoms with Crippen molar-refractivity contribution in [1.29, 1.82) is 0 Å². The van der Waals surface area contributed by atoms with Crippen LogP contribution < -0.4 is 27.6 Å². The zero-order valence-corrected chi connectivity index (χ0v) is 26.4. The number of fused-ring (bicyclic) bond motifs is 1. The maximum atomic E-state index is 13.4. The quantitative estimate of drug-likeness (QED) is 0.0449. The Hall–Kier alpha value is -5.28. The van der Waals surface area contributed by atoms with Gasteiger partial charge in [0.25, 0.3) is 11.8 Å². The second-order valence-electron chi connectivity index (χ2n) is 9.87. The second-order valence-corrected chi connectivity index (χ2v) is 12.8. The Bertz CT molecular complexity index is 1840. The molecule has 1 aromatic carbocycles. The van der Waals surface area contributed by atoms with E-state index in [2.05, 4.69) is 25.4 Å². The molecule has 0 unspecified atom stereocenters. The molecule has 18 nitrogen and oxygen atoms in total. The first-order valence-corrected chi connectivity index (χ1v) is 16.1. The van der Waals surface area contributed by atoms with E-state index in [4.69, 9.17) is 22.0 Å². The Morgan fingerprint density at radius 3 is 2.51 bits per heavy atom. The molecule has 246 valence electrons. The molecule has 21 heteroatoms. The molecule has 0 spiro atoms. The molecule has 47 heavy (non-hydrogen) atoms. The number of nitrogens with two attached hydrogens (primary N) is 3. The van der Waals surface area contributed by atoms with Gasteiger partial charge < -0.3 is 47.8 Å². The van der Waals surface area contributed by atoms with Crippen molar-refractivity contribution in [2.75, 3.05) is 28.7 Å². The number of phenolic OH excluding ortho intramolecular Hbond substituents is 1. The summed E-state index contributed by atoms with van der Waals surface area (Å²) >= 11 is 3.25. The van der Waals surface area contributed by atoms with E-state index in [0.717, 1.165) is 46.2 Å². The van der Waals surface area contributed by atoms with Crippen LogP contribution in [0.3, 0.4) is 0 Å². The largest absolute Gasteiger partial charge is 0.870 e. The van der Waals surface area contributed by atoms with Crippen LogP contribution in [0.15, 0.2) is 45.2 Å². The van der Waals surface area contributed by atoms with Crippen molar-refractivity contribution in [1.82, 2.24) is 25.2 Å². The number of amides is 2. The van der Waals surface area contributed by atoms with Crippen LogP contribution in [0.5, 0.6) is 11.5 Å². The van der Waals surface area contributed by atoms with Crippen molar-refractivity contribution < 1.29 is 44.4 Å². The highest BCUT2D eigenvalue weighted by molar-refractivity contribution is 8.01. The molecule has 0 saturated carbocycles. The monoisotopic (exact) mass is 702 g/mol. The fourth-order valence-corrected chi connectivity index (χ4v) is 7.29. The van der Waals surface area contributed by atoms with E-state index in [1.807, 2.05) is 0 Å². The van der Waals surface area contributed by atoms with Gasteiger partial charge in [0.05, 0.1) is 0 Å². The number of nitrogen functional groups attached to an aromatic ring is 3. The van der Waals surface area contributed by atoms with E-state index < -0.39 is 58.5 Å². The predicted molar refractivity (Wildman–Crippen MR) is 168 cm³/mol. The van der Waals surface area contributed by atoms with Gasteiger partial charge in [0.15, 0.2) is 16.0 Å². The lowest BCUT2D eigenvalue weighted by molar-refractivity contribution is -0.270. The average Bonchev–Trinajstić information content (AvgIpc) is 3.45. The minimum Gasteiger partial charge on any atom is -0.870 e. The molecule has 2 amide bonds. The fourth-order valence-electron chi connectivity index (χ4n) is 4.40. The molecule has 2 aliphatic rings. The molecule has 3 atom stereocenters. The lowest BCUT2D eigenvalue weighted by Crippen LogP contribution is -2.71. The molecule has 0 aliphatic carbocycles. The number of thioether (sulfide) groups is 2. The summed E-state index contributed by atoms with van der Waals surface area (Å²) in [6.45, 7) is 1.66. The predicted octanol–water partition coefficient (Wildman–Crippen LogP) is -0.155. The fraction of sp³-hybridized carbons (Fsp3) is 0.231. The smallest absolute Gasteiger partial charge is 0.352 e. The van der Waals surface area contributed by atoms with Crippen molar-refractivity contribution in [3.05, 3.63) is 51.7 Å². The van der Waals surface area contributed by atoms with Crippen molar-refractivity contribution in [3.63, 3.8) is 0 Å². The standard InChI is InChI=1S/C26H25N9O9S3/c1-8-18(27)32-26(33-19(8)28)47-6-10-5-45-22-15(21(39)35(22)16(10)23(40)41)31-20(38)14(11-7-46-25(29)30-11)34-44-17(24(42)43)9-2-3-12(36)13(37)4-9/h2-4,7,15,17,22,36-37H,5-6H2,1H3,(H2,29,30)(H,31,38)(H,40,41)(H,42,43)(H4,27,28,32,33)/p-1/b34-14+/t15-,17+,22-/m1/s1. The number of nitrogens with zero attached hydrogens (tertiary/aromatic N) is 5. The Kier molecular flexibility index (Phi) is 9.31. The van der Waals surface area contributed by atoms with Crippen molar-refractivity contribution in [3.8, 4) is 11.5 Å². The number of rotatable bonds is 11. The van der Waals surface area contributed by atoms with Crippen molar-refractivity contribution in [2.45, 2.75) is 29.6 Å². The number of hydrogen-bond donors (Lipinski definition) is 7. The van der Waals surface area contributed by atoms with Gasteiger partial charge in [-0.25, -0.2) is 24.5 Å². The summed E-state index contributed by atoms with van der Waals surface area (Å²) in [5, 5.41) is 48.0. The van der Waals surface area contributed by atoms with E-state index in [1.54, 1.807) is 6.92 Å². The number of phenols is 1. The number of oxime groups is 1. The lowest BCUT2D eigenvalue weighted by Gasteiger charge is -2.49. The van der Waals surface area contributed by atoms with E-state index >= 15 is 0 Å². The number of β-lactam (4-membered cyclic amide) rings is 1. The number of benzene rings is 1.